The minimum absolute atomic E-state index is 0.129. The summed E-state index contributed by atoms with van der Waals surface area (Å²) in [5, 5.41) is 2.77. The number of fused-ring (bicyclic) bond motifs is 1. The molecule has 0 atom stereocenters. The first kappa shape index (κ1) is 15.1. The fourth-order valence-corrected chi connectivity index (χ4v) is 2.64. The minimum atomic E-state index is -0.196. The highest BCUT2D eigenvalue weighted by Gasteiger charge is 2.11. The number of anilines is 2. The van der Waals surface area contributed by atoms with Gasteiger partial charge in [-0.1, -0.05) is 18.2 Å². The van der Waals surface area contributed by atoms with Crippen molar-refractivity contribution in [1.82, 2.24) is 15.0 Å². The highest BCUT2D eigenvalue weighted by atomic mass is 16.1. The maximum absolute atomic E-state index is 12.0. The zero-order chi connectivity index (χ0) is 16.2. The van der Waals surface area contributed by atoms with Crippen LogP contribution in [0, 0.1) is 0 Å². The first-order valence-corrected chi connectivity index (χ1v) is 7.59. The fraction of sp³-hybridized carbons (Fsp3) is 0.250. The summed E-state index contributed by atoms with van der Waals surface area (Å²) in [7, 11) is 2.08. The third kappa shape index (κ3) is 3.35. The highest BCUT2D eigenvalue weighted by molar-refractivity contribution is 5.79. The van der Waals surface area contributed by atoms with Crippen LogP contribution >= 0.6 is 0 Å². The molecule has 2 heterocycles. The molecule has 7 heteroatoms. The van der Waals surface area contributed by atoms with Gasteiger partial charge in [-0.2, -0.15) is 4.98 Å². The molecular formula is C16H21N6O+. The standard InChI is InChI=1S/C16H20N6O/c1-22(12-5-3-2-4-6-12)8-7-18-9-11-10-19-14-13(11)15(23)21-16(17)20-14/h2-6,10,18H,7-9H2,1H3,(H4,17,19,20,21,23)/p+1. The predicted octanol–water partition coefficient (Wildman–Crippen LogP) is 0.0332. The van der Waals surface area contributed by atoms with Gasteiger partial charge in [-0.25, -0.2) is 0 Å². The second-order valence-electron chi connectivity index (χ2n) is 5.53. The average Bonchev–Trinajstić information content (AvgIpc) is 2.95. The number of nitrogen functional groups attached to an aromatic ring is 1. The van der Waals surface area contributed by atoms with Crippen molar-refractivity contribution < 1.29 is 5.32 Å². The SMILES string of the molecule is CN(CC[NH2+]Cc1c[nH]c2nc(N)[nH]c(=O)c12)c1ccccc1. The summed E-state index contributed by atoms with van der Waals surface area (Å²) in [4.78, 5) is 23.8. The molecule has 0 amide bonds. The molecule has 0 unspecified atom stereocenters. The lowest BCUT2D eigenvalue weighted by molar-refractivity contribution is -0.668. The van der Waals surface area contributed by atoms with E-state index < -0.39 is 0 Å². The number of hydrogen-bond donors (Lipinski definition) is 4. The number of benzene rings is 1. The molecule has 1 aromatic carbocycles. The molecule has 7 nitrogen and oxygen atoms in total. The van der Waals surface area contributed by atoms with Gasteiger partial charge in [0.2, 0.25) is 5.95 Å². The van der Waals surface area contributed by atoms with Crippen molar-refractivity contribution in [3.63, 3.8) is 0 Å². The predicted molar refractivity (Wildman–Crippen MR) is 91.3 cm³/mol. The fourth-order valence-electron chi connectivity index (χ4n) is 2.64. The monoisotopic (exact) mass is 313 g/mol. The molecule has 0 aliphatic rings. The van der Waals surface area contributed by atoms with Gasteiger partial charge in [-0.15, -0.1) is 0 Å². The normalized spacial score (nSPS) is 11.0. The molecule has 2 aromatic heterocycles. The van der Waals surface area contributed by atoms with Crippen molar-refractivity contribution in [3.05, 3.63) is 52.4 Å². The molecule has 3 rings (SSSR count). The number of aromatic amines is 2. The van der Waals surface area contributed by atoms with Gasteiger partial charge in [-0.3, -0.25) is 9.78 Å². The number of nitrogens with zero attached hydrogens (tertiary/aromatic N) is 2. The summed E-state index contributed by atoms with van der Waals surface area (Å²) in [6.07, 6.45) is 1.82. The van der Waals surface area contributed by atoms with Gasteiger partial charge in [0.05, 0.1) is 18.5 Å². The molecule has 3 aromatic rings. The quantitative estimate of drug-likeness (QED) is 0.482. The Kier molecular flexibility index (Phi) is 4.29. The number of likely N-dealkylation sites (N-methyl/N-ethyl adjacent to an activating group) is 1. The van der Waals surface area contributed by atoms with Crippen molar-refractivity contribution in [3.8, 4) is 0 Å². The lowest BCUT2D eigenvalue weighted by Crippen LogP contribution is -2.84. The van der Waals surface area contributed by atoms with Crippen LogP contribution in [0.1, 0.15) is 5.56 Å². The van der Waals surface area contributed by atoms with Crippen LogP contribution in [0.25, 0.3) is 11.0 Å². The maximum atomic E-state index is 12.0. The number of para-hydroxylation sites is 1. The lowest BCUT2D eigenvalue weighted by Gasteiger charge is -2.17. The van der Waals surface area contributed by atoms with Crippen LogP contribution in [0.2, 0.25) is 0 Å². The highest BCUT2D eigenvalue weighted by Crippen LogP contribution is 2.11. The lowest BCUT2D eigenvalue weighted by atomic mass is 10.2. The summed E-state index contributed by atoms with van der Waals surface area (Å²) >= 11 is 0. The summed E-state index contributed by atoms with van der Waals surface area (Å²) in [6, 6.07) is 10.3. The van der Waals surface area contributed by atoms with E-state index in [0.29, 0.717) is 11.0 Å². The van der Waals surface area contributed by atoms with E-state index in [1.807, 2.05) is 24.4 Å². The molecule has 23 heavy (non-hydrogen) atoms. The summed E-state index contributed by atoms with van der Waals surface area (Å²) in [5.41, 5.74) is 8.03. The smallest absolute Gasteiger partial charge is 0.262 e. The van der Waals surface area contributed by atoms with Crippen LogP contribution in [0.3, 0.4) is 0 Å². The number of nitrogens with one attached hydrogen (secondary N) is 2. The molecule has 0 aliphatic heterocycles. The van der Waals surface area contributed by atoms with Crippen LogP contribution in [0.15, 0.2) is 41.3 Å². The molecule has 0 saturated heterocycles. The molecule has 0 fully saturated rings. The first-order valence-electron chi connectivity index (χ1n) is 7.59. The molecule has 0 saturated carbocycles. The Bertz CT molecular complexity index is 839. The van der Waals surface area contributed by atoms with Gasteiger partial charge in [0.15, 0.2) is 0 Å². The van der Waals surface area contributed by atoms with E-state index >= 15 is 0 Å². The van der Waals surface area contributed by atoms with E-state index in [2.05, 4.69) is 44.3 Å². The zero-order valence-corrected chi connectivity index (χ0v) is 13.0. The molecule has 0 spiro atoms. The molecule has 0 aliphatic carbocycles. The number of nitrogens with two attached hydrogens (primary N) is 2. The van der Waals surface area contributed by atoms with Crippen molar-refractivity contribution in [2.45, 2.75) is 6.54 Å². The van der Waals surface area contributed by atoms with Crippen LogP contribution in [-0.2, 0) is 6.54 Å². The number of quaternary nitrogens is 1. The number of hydrogen-bond acceptors (Lipinski definition) is 4. The van der Waals surface area contributed by atoms with Gasteiger partial charge >= 0.3 is 0 Å². The second kappa shape index (κ2) is 6.53. The number of rotatable bonds is 6. The van der Waals surface area contributed by atoms with Gasteiger partial charge in [-0.05, 0) is 12.1 Å². The molecule has 120 valence electrons. The molecular weight excluding hydrogens is 292 g/mol. The van der Waals surface area contributed by atoms with E-state index in [9.17, 15) is 4.79 Å². The Morgan fingerprint density at radius 3 is 2.87 bits per heavy atom. The number of aromatic nitrogens is 3. The van der Waals surface area contributed by atoms with Crippen LogP contribution < -0.4 is 21.5 Å². The first-order chi connectivity index (χ1) is 11.1. The Labute approximate surface area is 133 Å². The third-order valence-corrected chi connectivity index (χ3v) is 3.87. The van der Waals surface area contributed by atoms with Gasteiger partial charge in [0, 0.05) is 24.5 Å². The van der Waals surface area contributed by atoms with Crippen molar-refractivity contribution >= 4 is 22.7 Å². The zero-order valence-electron chi connectivity index (χ0n) is 13.0. The Morgan fingerprint density at radius 1 is 1.30 bits per heavy atom. The van der Waals surface area contributed by atoms with Crippen LogP contribution in [0.4, 0.5) is 11.6 Å². The third-order valence-electron chi connectivity index (χ3n) is 3.87. The Morgan fingerprint density at radius 2 is 2.09 bits per heavy atom. The average molecular weight is 313 g/mol. The maximum Gasteiger partial charge on any atom is 0.262 e. The minimum Gasteiger partial charge on any atom is -0.369 e. The second-order valence-corrected chi connectivity index (χ2v) is 5.53. The molecule has 0 bridgehead atoms. The van der Waals surface area contributed by atoms with Gasteiger partial charge in [0.25, 0.3) is 5.56 Å². The van der Waals surface area contributed by atoms with Gasteiger partial charge < -0.3 is 20.9 Å². The Hall–Kier alpha value is -2.80. The summed E-state index contributed by atoms with van der Waals surface area (Å²) in [5.74, 6) is 0.129. The van der Waals surface area contributed by atoms with E-state index in [1.165, 1.54) is 5.69 Å². The number of H-pyrrole nitrogens is 2. The van der Waals surface area contributed by atoms with E-state index in [1.54, 1.807) is 0 Å². The molecule has 0 radical (unpaired) electrons. The van der Waals surface area contributed by atoms with Crippen LogP contribution in [-0.4, -0.2) is 35.1 Å². The van der Waals surface area contributed by atoms with E-state index in [0.717, 1.165) is 25.2 Å². The van der Waals surface area contributed by atoms with E-state index in [-0.39, 0.29) is 11.5 Å². The van der Waals surface area contributed by atoms with Crippen LogP contribution in [0.5, 0.6) is 0 Å². The largest absolute Gasteiger partial charge is 0.369 e. The summed E-state index contributed by atoms with van der Waals surface area (Å²) in [6.45, 7) is 2.57. The summed E-state index contributed by atoms with van der Waals surface area (Å²) < 4.78 is 0. The van der Waals surface area contributed by atoms with Crippen molar-refractivity contribution in [1.29, 1.82) is 0 Å². The Balaban J connectivity index is 1.58. The van der Waals surface area contributed by atoms with Crippen molar-refractivity contribution in [2.75, 3.05) is 30.8 Å². The van der Waals surface area contributed by atoms with Gasteiger partial charge in [0.1, 0.15) is 12.2 Å². The molecule has 6 N–H and O–H groups in total. The van der Waals surface area contributed by atoms with E-state index in [4.69, 9.17) is 5.73 Å². The van der Waals surface area contributed by atoms with Crippen molar-refractivity contribution in [2.24, 2.45) is 0 Å². The topological polar surface area (TPSA) is 107 Å².